The Morgan fingerprint density at radius 3 is 2.59 bits per heavy atom. The van der Waals surface area contributed by atoms with Crippen molar-refractivity contribution in [1.82, 2.24) is 14.7 Å². The summed E-state index contributed by atoms with van der Waals surface area (Å²) < 4.78 is 15.1. The topological polar surface area (TPSA) is 61.9 Å². The van der Waals surface area contributed by atoms with Crippen LogP contribution < -0.4 is 0 Å². The summed E-state index contributed by atoms with van der Waals surface area (Å²) in [5, 5.41) is 13.5. The Kier molecular flexibility index (Phi) is 6.20. The number of benzene rings is 2. The molecule has 0 saturated carbocycles. The quantitative estimate of drug-likeness (QED) is 0.586. The molecule has 1 amide bonds. The molecule has 0 aliphatic rings. The highest BCUT2D eigenvalue weighted by Crippen LogP contribution is 2.25. The first-order chi connectivity index (χ1) is 14.0. The van der Waals surface area contributed by atoms with E-state index in [0.29, 0.717) is 5.69 Å². The molecular weight excluding hydrogens is 367 g/mol. The van der Waals surface area contributed by atoms with Crippen molar-refractivity contribution in [2.45, 2.75) is 19.4 Å². The number of nitrogens with zero attached hydrogens (tertiary/aromatic N) is 4. The fourth-order valence-corrected chi connectivity index (χ4v) is 2.82. The monoisotopic (exact) mass is 388 g/mol. The van der Waals surface area contributed by atoms with Gasteiger partial charge in [0.2, 0.25) is 5.91 Å². The van der Waals surface area contributed by atoms with Gasteiger partial charge in [0.25, 0.3) is 0 Å². The summed E-state index contributed by atoms with van der Waals surface area (Å²) in [6.07, 6.45) is 5.26. The van der Waals surface area contributed by atoms with Gasteiger partial charge >= 0.3 is 0 Å². The van der Waals surface area contributed by atoms with Crippen molar-refractivity contribution in [2.24, 2.45) is 0 Å². The highest BCUT2D eigenvalue weighted by Gasteiger charge is 2.14. The van der Waals surface area contributed by atoms with Crippen LogP contribution in [-0.2, 0) is 4.79 Å². The second-order valence-electron chi connectivity index (χ2n) is 6.71. The molecular formula is C23H21FN4O. The number of halogens is 1. The molecule has 0 N–H and O–H groups in total. The number of rotatable bonds is 6. The van der Waals surface area contributed by atoms with E-state index < -0.39 is 0 Å². The van der Waals surface area contributed by atoms with Crippen LogP contribution in [0.1, 0.15) is 18.9 Å². The first kappa shape index (κ1) is 20.0. The van der Waals surface area contributed by atoms with Crippen molar-refractivity contribution in [3.05, 3.63) is 78.3 Å². The van der Waals surface area contributed by atoms with Crippen molar-refractivity contribution < 1.29 is 9.18 Å². The Morgan fingerprint density at radius 1 is 1.24 bits per heavy atom. The molecule has 1 heterocycles. The second-order valence-corrected chi connectivity index (χ2v) is 6.71. The van der Waals surface area contributed by atoms with Crippen molar-refractivity contribution in [1.29, 1.82) is 5.26 Å². The molecule has 6 heteroatoms. The van der Waals surface area contributed by atoms with Gasteiger partial charge < -0.3 is 4.90 Å². The van der Waals surface area contributed by atoms with Crippen molar-refractivity contribution in [3.63, 3.8) is 0 Å². The number of nitriles is 1. The molecule has 5 nitrogen and oxygen atoms in total. The Morgan fingerprint density at radius 2 is 1.93 bits per heavy atom. The molecule has 0 saturated heterocycles. The Labute approximate surface area is 169 Å². The predicted octanol–water partition coefficient (Wildman–Crippen LogP) is 4.45. The van der Waals surface area contributed by atoms with E-state index in [0.717, 1.165) is 16.8 Å². The van der Waals surface area contributed by atoms with Gasteiger partial charge in [-0.05, 0) is 49.4 Å². The molecule has 1 aromatic heterocycles. The Balaban J connectivity index is 1.96. The van der Waals surface area contributed by atoms with Gasteiger partial charge in [-0.1, -0.05) is 18.2 Å². The molecule has 0 bridgehead atoms. The predicted molar refractivity (Wildman–Crippen MR) is 110 cm³/mol. The van der Waals surface area contributed by atoms with Gasteiger partial charge in [-0.2, -0.15) is 10.4 Å². The summed E-state index contributed by atoms with van der Waals surface area (Å²) >= 11 is 0. The normalized spacial score (nSPS) is 11.9. The zero-order valence-corrected chi connectivity index (χ0v) is 16.3. The minimum absolute atomic E-state index is 0.180. The van der Waals surface area contributed by atoms with Crippen molar-refractivity contribution in [3.8, 4) is 23.0 Å². The average Bonchev–Trinajstić information content (AvgIpc) is 3.17. The van der Waals surface area contributed by atoms with E-state index in [1.807, 2.05) is 43.5 Å². The number of carbonyl (C=O) groups excluding carboxylic acids is 1. The fraction of sp³-hybridized carbons (Fsp3) is 0.174. The third-order valence-corrected chi connectivity index (χ3v) is 4.68. The maximum absolute atomic E-state index is 13.3. The SMILES string of the molecule is CC(CC#N)N(C)C(=O)/C=C/c1cn(-c2ccccc2)nc1-c1ccc(F)cc1. The van der Waals surface area contributed by atoms with Gasteiger partial charge in [-0.15, -0.1) is 0 Å². The standard InChI is InChI=1S/C23H21FN4O/c1-17(14-15-25)27(2)22(29)13-10-19-16-28(21-6-4-3-5-7-21)26-23(19)18-8-11-20(24)12-9-18/h3-13,16-17H,14H2,1-2H3/b13-10+. The number of aromatic nitrogens is 2. The van der Waals surface area contributed by atoms with Crippen LogP contribution in [0.5, 0.6) is 0 Å². The molecule has 3 rings (SSSR count). The largest absolute Gasteiger partial charge is 0.338 e. The van der Waals surface area contributed by atoms with E-state index in [9.17, 15) is 9.18 Å². The molecule has 2 aromatic carbocycles. The lowest BCUT2D eigenvalue weighted by Gasteiger charge is -2.21. The van der Waals surface area contributed by atoms with E-state index in [2.05, 4.69) is 11.2 Å². The molecule has 0 aliphatic carbocycles. The van der Waals surface area contributed by atoms with E-state index in [1.54, 1.807) is 29.9 Å². The third kappa shape index (κ3) is 4.77. The number of amides is 1. The summed E-state index contributed by atoms with van der Waals surface area (Å²) in [6.45, 7) is 1.83. The minimum Gasteiger partial charge on any atom is -0.338 e. The van der Waals surface area contributed by atoms with Crippen LogP contribution in [0.2, 0.25) is 0 Å². The van der Waals surface area contributed by atoms with Gasteiger partial charge in [-0.3, -0.25) is 4.79 Å². The van der Waals surface area contributed by atoms with E-state index in [-0.39, 0.29) is 24.2 Å². The number of likely N-dealkylation sites (N-methyl/N-ethyl adjacent to an activating group) is 1. The lowest BCUT2D eigenvalue weighted by molar-refractivity contribution is -0.126. The fourth-order valence-electron chi connectivity index (χ4n) is 2.82. The van der Waals surface area contributed by atoms with Crippen LogP contribution in [0.4, 0.5) is 4.39 Å². The lowest BCUT2D eigenvalue weighted by atomic mass is 10.1. The minimum atomic E-state index is -0.323. The highest BCUT2D eigenvalue weighted by molar-refractivity contribution is 5.93. The first-order valence-electron chi connectivity index (χ1n) is 9.22. The summed E-state index contributed by atoms with van der Waals surface area (Å²) in [5.41, 5.74) is 3.00. The number of para-hydroxylation sites is 1. The molecule has 0 fully saturated rings. The summed E-state index contributed by atoms with van der Waals surface area (Å²) in [6, 6.07) is 17.6. The Hall–Kier alpha value is -3.72. The van der Waals surface area contributed by atoms with Crippen molar-refractivity contribution >= 4 is 12.0 Å². The maximum Gasteiger partial charge on any atom is 0.246 e. The molecule has 0 radical (unpaired) electrons. The van der Waals surface area contributed by atoms with Gasteiger partial charge in [0.05, 0.1) is 23.9 Å². The van der Waals surface area contributed by atoms with E-state index >= 15 is 0 Å². The second kappa shape index (κ2) is 8.98. The van der Waals surface area contributed by atoms with Crippen LogP contribution in [0, 0.1) is 17.1 Å². The van der Waals surface area contributed by atoms with Crippen LogP contribution in [-0.4, -0.2) is 33.7 Å². The molecule has 29 heavy (non-hydrogen) atoms. The van der Waals surface area contributed by atoms with Crippen molar-refractivity contribution in [2.75, 3.05) is 7.05 Å². The van der Waals surface area contributed by atoms with Gasteiger partial charge in [0.15, 0.2) is 0 Å². The average molecular weight is 388 g/mol. The number of carbonyl (C=O) groups is 1. The summed E-state index contributed by atoms with van der Waals surface area (Å²) in [5.74, 6) is -0.526. The zero-order valence-electron chi connectivity index (χ0n) is 16.3. The Bertz CT molecular complexity index is 1050. The number of hydrogen-bond donors (Lipinski definition) is 0. The number of hydrogen-bond acceptors (Lipinski definition) is 3. The molecule has 3 aromatic rings. The molecule has 0 aliphatic heterocycles. The first-order valence-corrected chi connectivity index (χ1v) is 9.22. The zero-order chi connectivity index (χ0) is 20.8. The lowest BCUT2D eigenvalue weighted by Crippen LogP contribution is -2.33. The van der Waals surface area contributed by atoms with Crippen LogP contribution in [0.25, 0.3) is 23.0 Å². The van der Waals surface area contributed by atoms with E-state index in [4.69, 9.17) is 5.26 Å². The smallest absolute Gasteiger partial charge is 0.246 e. The van der Waals surface area contributed by atoms with Crippen LogP contribution in [0.15, 0.2) is 66.9 Å². The molecule has 0 spiro atoms. The molecule has 146 valence electrons. The molecule has 1 atom stereocenters. The summed E-state index contributed by atoms with van der Waals surface area (Å²) in [4.78, 5) is 14.0. The van der Waals surface area contributed by atoms with E-state index in [1.165, 1.54) is 23.1 Å². The third-order valence-electron chi connectivity index (χ3n) is 4.68. The molecule has 1 unspecified atom stereocenters. The van der Waals surface area contributed by atoms with Gasteiger partial charge in [0.1, 0.15) is 5.82 Å². The highest BCUT2D eigenvalue weighted by atomic mass is 19.1. The van der Waals surface area contributed by atoms with Crippen LogP contribution >= 0.6 is 0 Å². The maximum atomic E-state index is 13.3. The van der Waals surface area contributed by atoms with Gasteiger partial charge in [-0.25, -0.2) is 9.07 Å². The summed E-state index contributed by atoms with van der Waals surface area (Å²) in [7, 11) is 1.67. The van der Waals surface area contributed by atoms with Gasteiger partial charge in [0, 0.05) is 36.5 Å². The van der Waals surface area contributed by atoms with Crippen LogP contribution in [0.3, 0.4) is 0 Å².